The van der Waals surface area contributed by atoms with Gasteiger partial charge >= 0.3 is 0 Å². The number of carbonyl (C=O) groups excluding carboxylic acids is 1. The molecule has 1 aliphatic carbocycles. The smallest absolute Gasteiger partial charge is 0.224 e. The van der Waals surface area contributed by atoms with Crippen molar-refractivity contribution in [1.82, 2.24) is 10.3 Å². The molecule has 0 radical (unpaired) electrons. The topological polar surface area (TPSA) is 77.2 Å². The van der Waals surface area contributed by atoms with E-state index in [1.807, 2.05) is 12.1 Å². The Labute approximate surface area is 112 Å². The van der Waals surface area contributed by atoms with Crippen LogP contribution in [0.4, 0.5) is 0 Å². The highest BCUT2D eigenvalue weighted by atomic mass is 16.5. The van der Waals surface area contributed by atoms with Crippen LogP contribution in [0.25, 0.3) is 0 Å². The average molecular weight is 261 g/mol. The van der Waals surface area contributed by atoms with Gasteiger partial charge in [-0.15, -0.1) is 0 Å². The molecule has 1 aromatic heterocycles. The minimum absolute atomic E-state index is 0.000673. The molecule has 102 valence electrons. The molecule has 1 saturated heterocycles. The second-order valence-electron chi connectivity index (χ2n) is 5.34. The Bertz CT molecular complexity index is 451. The van der Waals surface area contributed by atoms with Gasteiger partial charge in [-0.2, -0.15) is 0 Å². The van der Waals surface area contributed by atoms with Crippen molar-refractivity contribution in [1.29, 1.82) is 0 Å². The van der Waals surface area contributed by atoms with Crippen LogP contribution in [0.5, 0.6) is 0 Å². The third-order valence-electron chi connectivity index (χ3n) is 4.12. The van der Waals surface area contributed by atoms with Crippen LogP contribution < -0.4 is 11.1 Å². The normalized spacial score (nSPS) is 33.1. The van der Waals surface area contributed by atoms with Gasteiger partial charge in [0, 0.05) is 31.0 Å². The number of amides is 1. The minimum Gasteiger partial charge on any atom is -0.376 e. The molecule has 19 heavy (non-hydrogen) atoms. The zero-order valence-corrected chi connectivity index (χ0v) is 10.8. The third-order valence-corrected chi connectivity index (χ3v) is 4.12. The predicted molar refractivity (Wildman–Crippen MR) is 70.3 cm³/mol. The van der Waals surface area contributed by atoms with Gasteiger partial charge in [0.1, 0.15) is 0 Å². The highest BCUT2D eigenvalue weighted by Crippen LogP contribution is 2.36. The molecule has 3 rings (SSSR count). The molecule has 2 heterocycles. The van der Waals surface area contributed by atoms with Crippen LogP contribution in [0.3, 0.4) is 0 Å². The van der Waals surface area contributed by atoms with Gasteiger partial charge in [-0.05, 0) is 30.5 Å². The lowest BCUT2D eigenvalue weighted by Crippen LogP contribution is -2.72. The average Bonchev–Trinajstić information content (AvgIpc) is 2.45. The molecule has 5 nitrogen and oxygen atoms in total. The summed E-state index contributed by atoms with van der Waals surface area (Å²) in [7, 11) is 0. The van der Waals surface area contributed by atoms with E-state index >= 15 is 0 Å². The number of aromatic nitrogens is 1. The van der Waals surface area contributed by atoms with Crippen LogP contribution >= 0.6 is 0 Å². The van der Waals surface area contributed by atoms with Crippen molar-refractivity contribution in [2.24, 2.45) is 11.7 Å². The van der Waals surface area contributed by atoms with Crippen molar-refractivity contribution in [3.05, 3.63) is 30.1 Å². The van der Waals surface area contributed by atoms with Crippen molar-refractivity contribution in [3.63, 3.8) is 0 Å². The molecule has 4 atom stereocenters. The number of rotatable bonds is 3. The molecule has 2 fully saturated rings. The van der Waals surface area contributed by atoms with Crippen molar-refractivity contribution in [2.75, 3.05) is 6.61 Å². The number of fused-ring (bicyclic) bond motifs is 1. The number of hydrogen-bond acceptors (Lipinski definition) is 4. The summed E-state index contributed by atoms with van der Waals surface area (Å²) < 4.78 is 5.71. The van der Waals surface area contributed by atoms with E-state index in [0.717, 1.165) is 25.0 Å². The number of nitrogens with zero attached hydrogens (tertiary/aromatic N) is 1. The quantitative estimate of drug-likeness (QED) is 0.817. The van der Waals surface area contributed by atoms with E-state index < -0.39 is 0 Å². The van der Waals surface area contributed by atoms with Crippen LogP contribution in [0.2, 0.25) is 0 Å². The van der Waals surface area contributed by atoms with Crippen LogP contribution in [-0.2, 0) is 16.0 Å². The van der Waals surface area contributed by atoms with Crippen LogP contribution in [-0.4, -0.2) is 35.7 Å². The van der Waals surface area contributed by atoms with Crippen LogP contribution in [0.15, 0.2) is 24.5 Å². The van der Waals surface area contributed by atoms with Crippen molar-refractivity contribution in [2.45, 2.75) is 37.5 Å². The summed E-state index contributed by atoms with van der Waals surface area (Å²) in [6.45, 7) is 0.782. The van der Waals surface area contributed by atoms with E-state index in [0.29, 0.717) is 12.3 Å². The maximum absolute atomic E-state index is 12.0. The molecule has 0 bridgehead atoms. The number of ether oxygens (including phenoxy) is 1. The molecule has 1 saturated carbocycles. The molecular weight excluding hydrogens is 242 g/mol. The fourth-order valence-electron chi connectivity index (χ4n) is 3.05. The molecule has 1 aromatic rings. The molecule has 1 aliphatic heterocycles. The van der Waals surface area contributed by atoms with E-state index in [2.05, 4.69) is 10.3 Å². The molecule has 3 N–H and O–H groups in total. The van der Waals surface area contributed by atoms with Crippen molar-refractivity contribution in [3.8, 4) is 0 Å². The maximum atomic E-state index is 12.0. The standard InChI is InChI=1S/C14H19N3O2/c15-12-10-2-1-7-19-14(10)13(12)17-11(18)8-9-3-5-16-6-4-9/h3-6,10,12-14H,1-2,7-8,15H2,(H,17,18). The maximum Gasteiger partial charge on any atom is 0.224 e. The van der Waals surface area contributed by atoms with Gasteiger partial charge < -0.3 is 15.8 Å². The van der Waals surface area contributed by atoms with Crippen molar-refractivity contribution < 1.29 is 9.53 Å². The molecule has 5 heteroatoms. The Morgan fingerprint density at radius 1 is 1.47 bits per heavy atom. The third kappa shape index (κ3) is 2.48. The minimum atomic E-state index is -0.0281. The molecule has 0 spiro atoms. The van der Waals surface area contributed by atoms with Crippen molar-refractivity contribution >= 4 is 5.91 Å². The van der Waals surface area contributed by atoms with Gasteiger partial charge in [0.25, 0.3) is 0 Å². The van der Waals surface area contributed by atoms with Crippen LogP contribution in [0, 0.1) is 5.92 Å². The number of hydrogen-bond donors (Lipinski definition) is 2. The fraction of sp³-hybridized carbons (Fsp3) is 0.571. The lowest BCUT2D eigenvalue weighted by atomic mass is 9.68. The summed E-state index contributed by atoms with van der Waals surface area (Å²) in [6, 6.07) is 3.70. The molecule has 0 aromatic carbocycles. The van der Waals surface area contributed by atoms with Crippen LogP contribution in [0.1, 0.15) is 18.4 Å². The first-order valence-electron chi connectivity index (χ1n) is 6.81. The van der Waals surface area contributed by atoms with E-state index in [4.69, 9.17) is 10.5 Å². The summed E-state index contributed by atoms with van der Waals surface area (Å²) in [5.41, 5.74) is 7.07. The lowest BCUT2D eigenvalue weighted by molar-refractivity contribution is -0.138. The fourth-order valence-corrected chi connectivity index (χ4v) is 3.05. The zero-order valence-electron chi connectivity index (χ0n) is 10.8. The second kappa shape index (κ2) is 5.27. The molecular formula is C14H19N3O2. The Hall–Kier alpha value is -1.46. The number of nitrogens with two attached hydrogens (primary N) is 1. The first-order valence-corrected chi connectivity index (χ1v) is 6.81. The lowest BCUT2D eigenvalue weighted by Gasteiger charge is -2.52. The summed E-state index contributed by atoms with van der Waals surface area (Å²) in [5, 5.41) is 3.00. The summed E-state index contributed by atoms with van der Waals surface area (Å²) in [4.78, 5) is 15.9. The monoisotopic (exact) mass is 261 g/mol. The highest BCUT2D eigenvalue weighted by molar-refractivity contribution is 5.79. The van der Waals surface area contributed by atoms with E-state index in [1.165, 1.54) is 0 Å². The van der Waals surface area contributed by atoms with Gasteiger partial charge in [0.05, 0.1) is 18.6 Å². The van der Waals surface area contributed by atoms with Gasteiger partial charge in [-0.1, -0.05) is 0 Å². The summed E-state index contributed by atoms with van der Waals surface area (Å²) in [6.07, 6.45) is 6.05. The first-order chi connectivity index (χ1) is 9.25. The first kappa shape index (κ1) is 12.6. The van der Waals surface area contributed by atoms with E-state index in [-0.39, 0.29) is 24.1 Å². The molecule has 2 aliphatic rings. The molecule has 1 amide bonds. The van der Waals surface area contributed by atoms with E-state index in [9.17, 15) is 4.79 Å². The summed E-state index contributed by atoms with van der Waals surface area (Å²) in [5.74, 6) is 0.416. The number of carbonyl (C=O) groups is 1. The second-order valence-corrected chi connectivity index (χ2v) is 5.34. The molecule has 4 unspecified atom stereocenters. The largest absolute Gasteiger partial charge is 0.376 e. The van der Waals surface area contributed by atoms with Gasteiger partial charge in [-0.25, -0.2) is 0 Å². The number of nitrogens with one attached hydrogen (secondary N) is 1. The number of pyridine rings is 1. The van der Waals surface area contributed by atoms with Gasteiger partial charge in [0.15, 0.2) is 0 Å². The van der Waals surface area contributed by atoms with Gasteiger partial charge in [0.2, 0.25) is 5.91 Å². The SMILES string of the molecule is NC1C2CCCOC2C1NC(=O)Cc1ccncc1. The Morgan fingerprint density at radius 2 is 2.26 bits per heavy atom. The summed E-state index contributed by atoms with van der Waals surface area (Å²) >= 11 is 0. The van der Waals surface area contributed by atoms with E-state index in [1.54, 1.807) is 12.4 Å². The zero-order chi connectivity index (χ0) is 13.2. The predicted octanol–water partition coefficient (Wildman–Crippen LogP) is 0.245. The Balaban J connectivity index is 1.55. The Kier molecular flexibility index (Phi) is 3.48. The van der Waals surface area contributed by atoms with Gasteiger partial charge in [-0.3, -0.25) is 9.78 Å². The highest BCUT2D eigenvalue weighted by Gasteiger charge is 2.50. The Morgan fingerprint density at radius 3 is 3.05 bits per heavy atom.